The molecule has 10 N–H and O–H groups in total. The summed E-state index contributed by atoms with van der Waals surface area (Å²) in [5.74, 6) is 0.279. The molecule has 4 atom stereocenters. The highest BCUT2D eigenvalue weighted by molar-refractivity contribution is 6.07. The van der Waals surface area contributed by atoms with E-state index in [9.17, 15) is 19.2 Å². The largest absolute Gasteiger partial charge is 0.445 e. The Morgan fingerprint density at radius 2 is 1.17 bits per heavy atom. The van der Waals surface area contributed by atoms with E-state index in [0.717, 1.165) is 48.1 Å². The Morgan fingerprint density at radius 3 is 1.77 bits per heavy atom. The van der Waals surface area contributed by atoms with E-state index in [1.807, 2.05) is 24.3 Å². The van der Waals surface area contributed by atoms with Crippen molar-refractivity contribution in [3.05, 3.63) is 172 Å². The van der Waals surface area contributed by atoms with Gasteiger partial charge in [-0.1, -0.05) is 80.6 Å². The van der Waals surface area contributed by atoms with Crippen molar-refractivity contribution >= 4 is 52.4 Å². The Balaban J connectivity index is 0.730. The first-order valence-corrected chi connectivity index (χ1v) is 24.1. The monoisotopic (exact) mass is 958 g/mol. The number of nitrogens with one attached hydrogen (secondary N) is 6. The van der Waals surface area contributed by atoms with E-state index in [0.29, 0.717) is 46.8 Å². The van der Waals surface area contributed by atoms with E-state index >= 15 is 4.39 Å². The number of hydrogen-bond donors (Lipinski definition) is 8. The zero-order valence-electron chi connectivity index (χ0n) is 39.7. The molecule has 71 heavy (non-hydrogen) atoms. The van der Waals surface area contributed by atoms with Gasteiger partial charge >= 0.3 is 12.2 Å². The highest BCUT2D eigenvalue weighted by Crippen LogP contribution is 2.42. The van der Waals surface area contributed by atoms with Gasteiger partial charge in [0, 0.05) is 58.9 Å². The van der Waals surface area contributed by atoms with E-state index < -0.39 is 29.8 Å². The quantitative estimate of drug-likeness (QED) is 0.0360. The Bertz CT molecular complexity index is 2890. The van der Waals surface area contributed by atoms with Gasteiger partial charge in [0.25, 0.3) is 11.8 Å². The summed E-state index contributed by atoms with van der Waals surface area (Å²) in [6.45, 7) is 5.84. The second kappa shape index (κ2) is 21.5. The molecule has 0 aliphatic heterocycles. The maximum atomic E-state index is 15.5. The van der Waals surface area contributed by atoms with Gasteiger partial charge in [0.15, 0.2) is 0 Å². The lowest BCUT2D eigenvalue weighted by Crippen LogP contribution is -2.25. The van der Waals surface area contributed by atoms with Crippen molar-refractivity contribution in [1.82, 2.24) is 16.0 Å². The van der Waals surface area contributed by atoms with E-state index in [2.05, 4.69) is 70.0 Å². The van der Waals surface area contributed by atoms with Crippen LogP contribution in [0.5, 0.6) is 0 Å². The minimum absolute atomic E-state index is 0.00376. The average Bonchev–Trinajstić information content (AvgIpc) is 4.26. The Kier molecular flexibility index (Phi) is 14.6. The van der Waals surface area contributed by atoms with Gasteiger partial charge in [-0.05, 0) is 132 Å². The fraction of sp³-hybridized carbons (Fsp3) is 0.286. The second-order valence-electron chi connectivity index (χ2n) is 19.1. The van der Waals surface area contributed by atoms with Gasteiger partial charge in [-0.2, -0.15) is 0 Å². The summed E-state index contributed by atoms with van der Waals surface area (Å²) in [4.78, 5) is 51.8. The van der Waals surface area contributed by atoms with Crippen LogP contribution in [0.2, 0.25) is 0 Å². The third-order valence-electron chi connectivity index (χ3n) is 13.1. The van der Waals surface area contributed by atoms with Crippen LogP contribution in [-0.4, -0.2) is 48.7 Å². The number of carbonyl (C=O) groups excluding carboxylic acids is 4. The van der Waals surface area contributed by atoms with E-state index in [4.69, 9.17) is 20.9 Å². The lowest BCUT2D eigenvalue weighted by atomic mass is 10.0. The van der Waals surface area contributed by atoms with E-state index in [-0.39, 0.29) is 53.6 Å². The molecule has 14 nitrogen and oxygen atoms in total. The summed E-state index contributed by atoms with van der Waals surface area (Å²) in [5, 5.41) is 18.2. The summed E-state index contributed by atoms with van der Waals surface area (Å²) < 4.78 is 26.4. The molecular weight excluding hydrogens is 900 g/mol. The van der Waals surface area contributed by atoms with Crippen molar-refractivity contribution in [2.45, 2.75) is 89.3 Å². The number of alkyl carbamates (subject to hydrolysis) is 1. The van der Waals surface area contributed by atoms with Crippen LogP contribution in [0.25, 0.3) is 11.1 Å². The van der Waals surface area contributed by atoms with Gasteiger partial charge in [-0.15, -0.1) is 0 Å². The van der Waals surface area contributed by atoms with E-state index in [1.54, 1.807) is 54.6 Å². The van der Waals surface area contributed by atoms with Crippen molar-refractivity contribution in [3.63, 3.8) is 0 Å². The number of anilines is 5. The molecule has 3 fully saturated rings. The summed E-state index contributed by atoms with van der Waals surface area (Å²) >= 11 is 0. The van der Waals surface area contributed by atoms with Crippen LogP contribution < -0.4 is 43.4 Å². The van der Waals surface area contributed by atoms with Crippen molar-refractivity contribution in [2.75, 3.05) is 34.0 Å². The lowest BCUT2D eigenvalue weighted by Gasteiger charge is -2.14. The molecule has 0 heterocycles. The molecule has 0 aromatic heterocycles. The third kappa shape index (κ3) is 12.9. The number of halogens is 1. The summed E-state index contributed by atoms with van der Waals surface area (Å²) in [7, 11) is 0. The predicted molar refractivity (Wildman–Crippen MR) is 274 cm³/mol. The van der Waals surface area contributed by atoms with Gasteiger partial charge in [-0.25, -0.2) is 14.0 Å². The van der Waals surface area contributed by atoms with Gasteiger partial charge in [-0.3, -0.25) is 14.9 Å². The molecule has 6 aromatic rings. The zero-order chi connectivity index (χ0) is 49.6. The van der Waals surface area contributed by atoms with Crippen LogP contribution in [-0.2, 0) is 29.2 Å². The topological polar surface area (TPSA) is 211 Å². The predicted octanol–water partition coefficient (Wildman–Crippen LogP) is 10.0. The number of amides is 4. The molecule has 9 rings (SSSR count). The molecule has 15 heteroatoms. The first kappa shape index (κ1) is 48.3. The fourth-order valence-electron chi connectivity index (χ4n) is 8.62. The number of rotatable bonds is 19. The number of carbonyl (C=O) groups is 4. The molecule has 3 aliphatic rings. The second-order valence-corrected chi connectivity index (χ2v) is 19.1. The van der Waals surface area contributed by atoms with Gasteiger partial charge < -0.3 is 47.5 Å². The number of hydrogen-bond acceptors (Lipinski definition) is 10. The normalized spacial score (nSPS) is 17.7. The van der Waals surface area contributed by atoms with Gasteiger partial charge in [0.05, 0.1) is 22.7 Å². The smallest absolute Gasteiger partial charge is 0.411 e. The van der Waals surface area contributed by atoms with E-state index in [1.165, 1.54) is 42.2 Å². The molecule has 0 bridgehead atoms. The van der Waals surface area contributed by atoms with Crippen LogP contribution in [0.3, 0.4) is 0 Å². The Labute approximate surface area is 412 Å². The van der Waals surface area contributed by atoms with Crippen molar-refractivity contribution in [2.24, 2.45) is 5.92 Å². The first-order valence-electron chi connectivity index (χ1n) is 24.1. The van der Waals surface area contributed by atoms with Gasteiger partial charge in [0.1, 0.15) is 19.0 Å². The van der Waals surface area contributed by atoms with Crippen molar-refractivity contribution in [3.8, 4) is 11.1 Å². The lowest BCUT2D eigenvalue weighted by molar-refractivity contribution is 0.101. The molecule has 366 valence electrons. The molecule has 0 spiro atoms. The zero-order valence-corrected chi connectivity index (χ0v) is 39.7. The van der Waals surface area contributed by atoms with Crippen molar-refractivity contribution < 1.29 is 33.0 Å². The van der Waals surface area contributed by atoms with Crippen LogP contribution in [0.1, 0.15) is 99.9 Å². The number of nitrogen functional groups attached to an aromatic ring is 2. The maximum Gasteiger partial charge on any atom is 0.411 e. The highest BCUT2D eigenvalue weighted by atomic mass is 19.1. The summed E-state index contributed by atoms with van der Waals surface area (Å²) in [6, 6.07) is 37.9. The maximum absolute atomic E-state index is 15.5. The molecule has 0 radical (unpaired) electrons. The Hall–Kier alpha value is -7.75. The molecule has 4 amide bonds. The van der Waals surface area contributed by atoms with Gasteiger partial charge in [0.2, 0.25) is 0 Å². The fourth-order valence-corrected chi connectivity index (χ4v) is 8.62. The minimum Gasteiger partial charge on any atom is -0.445 e. The minimum atomic E-state index is -0.657. The summed E-state index contributed by atoms with van der Waals surface area (Å²) in [5.41, 5.74) is 19.6. The molecule has 2 unspecified atom stereocenters. The SMILES string of the molecule is CC(C)NC1C[C@@H]1c1ccc(COC(=O)NCc2ccc(C(=O)Nc3cc(-c4ccc(N)c(NC(=O)c5ccc(NC(=O)OCc6ccc(C7C[C@@H]7NCC7CC7)cc6)cc5)c4)c(F)cc3N)cc2)cc1. The van der Waals surface area contributed by atoms with Crippen LogP contribution >= 0.6 is 0 Å². The molecule has 6 aromatic carbocycles. The van der Waals surface area contributed by atoms with Crippen LogP contribution in [0.15, 0.2) is 127 Å². The van der Waals surface area contributed by atoms with Crippen LogP contribution in [0.4, 0.5) is 42.4 Å². The molecule has 3 saturated carbocycles. The Morgan fingerprint density at radius 1 is 0.620 bits per heavy atom. The summed E-state index contributed by atoms with van der Waals surface area (Å²) in [6.07, 6.45) is 3.76. The first-order chi connectivity index (χ1) is 34.3. The average molecular weight is 959 g/mol. The number of nitrogens with two attached hydrogens (primary N) is 2. The molecular formula is C56H59FN8O6. The molecule has 0 saturated heterocycles. The number of benzene rings is 6. The number of ether oxygens (including phenoxy) is 2. The van der Waals surface area contributed by atoms with Crippen molar-refractivity contribution in [1.29, 1.82) is 0 Å². The third-order valence-corrected chi connectivity index (χ3v) is 13.1. The molecule has 3 aliphatic carbocycles. The van der Waals surface area contributed by atoms with Crippen LogP contribution in [0, 0.1) is 11.7 Å². The highest BCUT2D eigenvalue weighted by Gasteiger charge is 2.39. The standard InChI is InChI=1S/C56H59FN8O6/c1-32(2)62-50-26-45(50)38-13-9-35(10-14-38)30-70-55(68)61-29-34-5-15-39(16-6-34)53(66)65-52-24-43(46(57)27-48(52)59)41-19-22-47(58)51(23-41)64-54(67)40-17-20-42(21-18-40)63-56(69)71-31-36-7-11-37(12-8-36)44-25-49(44)60-28-33-3-4-33/h5-24,27,32-33,44-45,49-50,60,62H,3-4,25-26,28-31,58-59H2,1-2H3,(H,61,68)(H,63,69)(H,64,67)(H,65,66)/t44?,45-,49+,50?/m1/s1.